The second kappa shape index (κ2) is 7.99. The van der Waals surface area contributed by atoms with Crippen LogP contribution in [0.15, 0.2) is 121 Å². The second-order valence-electron chi connectivity index (χ2n) is 7.92. The van der Waals surface area contributed by atoms with Crippen LogP contribution in [0.2, 0.25) is 0 Å². The van der Waals surface area contributed by atoms with Crippen LogP contribution in [-0.4, -0.2) is 0 Å². The molecule has 1 aromatic heterocycles. The van der Waals surface area contributed by atoms with Crippen LogP contribution in [0, 0.1) is 0 Å². The minimum Gasteiger partial charge on any atom is -0.355 e. The van der Waals surface area contributed by atoms with Crippen LogP contribution in [0.5, 0.6) is 0 Å². The smallest absolute Gasteiger partial charge is 0.0463 e. The molecule has 0 aliphatic rings. The molecule has 1 heterocycles. The van der Waals surface area contributed by atoms with Crippen molar-refractivity contribution < 1.29 is 0 Å². The van der Waals surface area contributed by atoms with Crippen LogP contribution >= 0.6 is 11.3 Å². The Bertz CT molecular complexity index is 1530. The summed E-state index contributed by atoms with van der Waals surface area (Å²) in [5.41, 5.74) is 7.08. The number of hydrogen-bond acceptors (Lipinski definition) is 2. The van der Waals surface area contributed by atoms with E-state index in [1.165, 1.54) is 42.4 Å². The van der Waals surface area contributed by atoms with Gasteiger partial charge in [-0.3, -0.25) is 0 Å². The third-order valence-electron chi connectivity index (χ3n) is 5.89. The van der Waals surface area contributed by atoms with Gasteiger partial charge < -0.3 is 5.32 Å². The lowest BCUT2D eigenvalue weighted by Gasteiger charge is -2.13. The molecular weight excluding hydrogens is 406 g/mol. The average Bonchev–Trinajstić information content (AvgIpc) is 3.23. The highest BCUT2D eigenvalue weighted by Crippen LogP contribution is 2.36. The molecule has 0 spiro atoms. The number of fused-ring (bicyclic) bond motifs is 3. The highest BCUT2D eigenvalue weighted by molar-refractivity contribution is 7.25. The molecule has 0 fully saturated rings. The molecule has 0 aliphatic heterocycles. The summed E-state index contributed by atoms with van der Waals surface area (Å²) in [6, 6.07) is 43.1. The topological polar surface area (TPSA) is 12.0 Å². The summed E-state index contributed by atoms with van der Waals surface area (Å²) < 4.78 is 2.68. The Hall–Kier alpha value is -3.88. The summed E-state index contributed by atoms with van der Waals surface area (Å²) in [5.74, 6) is 0. The molecule has 0 radical (unpaired) electrons. The van der Waals surface area contributed by atoms with Crippen molar-refractivity contribution in [1.29, 1.82) is 0 Å². The van der Waals surface area contributed by atoms with Gasteiger partial charge >= 0.3 is 0 Å². The van der Waals surface area contributed by atoms with Gasteiger partial charge in [-0.15, -0.1) is 11.3 Å². The molecule has 0 aliphatic carbocycles. The Morgan fingerprint density at radius 1 is 0.469 bits per heavy atom. The van der Waals surface area contributed by atoms with E-state index in [0.29, 0.717) is 0 Å². The molecule has 0 unspecified atom stereocenters. The maximum atomic E-state index is 3.60. The van der Waals surface area contributed by atoms with Crippen molar-refractivity contribution in [2.24, 2.45) is 0 Å². The van der Waals surface area contributed by atoms with Crippen LogP contribution in [0.1, 0.15) is 0 Å². The maximum absolute atomic E-state index is 3.60. The summed E-state index contributed by atoms with van der Waals surface area (Å²) >= 11 is 1.86. The number of benzene rings is 5. The molecule has 0 saturated heterocycles. The van der Waals surface area contributed by atoms with Crippen LogP contribution in [0.4, 0.5) is 11.4 Å². The third kappa shape index (κ3) is 3.45. The number of nitrogens with one attached hydrogen (secondary N) is 1. The van der Waals surface area contributed by atoms with Crippen LogP contribution in [-0.2, 0) is 0 Å². The Balaban J connectivity index is 1.31. The molecule has 152 valence electrons. The zero-order valence-corrected chi connectivity index (χ0v) is 18.3. The van der Waals surface area contributed by atoms with Gasteiger partial charge in [-0.25, -0.2) is 0 Å². The first-order chi connectivity index (χ1) is 15.8. The fraction of sp³-hybridized carbons (Fsp3) is 0. The molecule has 2 heteroatoms. The summed E-state index contributed by atoms with van der Waals surface area (Å²) in [4.78, 5) is 0. The van der Waals surface area contributed by atoms with Gasteiger partial charge in [0.2, 0.25) is 0 Å². The highest BCUT2D eigenvalue weighted by atomic mass is 32.1. The van der Waals surface area contributed by atoms with Crippen molar-refractivity contribution in [3.05, 3.63) is 121 Å². The molecule has 1 N–H and O–H groups in total. The normalized spacial score (nSPS) is 11.1. The van der Waals surface area contributed by atoms with Crippen LogP contribution < -0.4 is 5.32 Å². The Morgan fingerprint density at radius 3 is 2.03 bits per heavy atom. The molecule has 1 nitrogen and oxygen atoms in total. The first-order valence-electron chi connectivity index (χ1n) is 10.8. The van der Waals surface area contributed by atoms with Gasteiger partial charge in [0.05, 0.1) is 0 Å². The van der Waals surface area contributed by atoms with Gasteiger partial charge in [0.15, 0.2) is 0 Å². The van der Waals surface area contributed by atoms with Crippen molar-refractivity contribution in [1.82, 2.24) is 0 Å². The molecule has 32 heavy (non-hydrogen) atoms. The van der Waals surface area contributed by atoms with E-state index in [0.717, 1.165) is 11.4 Å². The van der Waals surface area contributed by atoms with Gasteiger partial charge in [0, 0.05) is 37.1 Å². The zero-order valence-electron chi connectivity index (χ0n) is 17.5. The third-order valence-corrected chi connectivity index (χ3v) is 7.04. The van der Waals surface area contributed by atoms with E-state index in [1.807, 2.05) is 11.3 Å². The standard InChI is InChI=1S/C30H21NS/c1-2-8-22(9-3-1)25-10-4-6-12-28(25)31-24-17-14-21(15-18-24)23-16-19-30-27(20-23)26-11-5-7-13-29(26)32-30/h1-20,31H. The second-order valence-corrected chi connectivity index (χ2v) is 9.01. The summed E-state index contributed by atoms with van der Waals surface area (Å²) in [6.45, 7) is 0. The highest BCUT2D eigenvalue weighted by Gasteiger charge is 2.08. The van der Waals surface area contributed by atoms with E-state index < -0.39 is 0 Å². The lowest BCUT2D eigenvalue weighted by atomic mass is 10.0. The Morgan fingerprint density at radius 2 is 1.16 bits per heavy atom. The number of para-hydroxylation sites is 1. The summed E-state index contributed by atoms with van der Waals surface area (Å²) in [7, 11) is 0. The molecule has 0 amide bonds. The molecule has 5 aromatic carbocycles. The van der Waals surface area contributed by atoms with E-state index in [2.05, 4.69) is 127 Å². The molecule has 6 rings (SSSR count). The maximum Gasteiger partial charge on any atom is 0.0463 e. The first-order valence-corrected chi connectivity index (χ1v) is 11.6. The predicted octanol–water partition coefficient (Wildman–Crippen LogP) is 9.13. The van der Waals surface area contributed by atoms with Crippen molar-refractivity contribution in [3.8, 4) is 22.3 Å². The van der Waals surface area contributed by atoms with Crippen molar-refractivity contribution in [2.75, 3.05) is 5.32 Å². The minimum atomic E-state index is 1.08. The van der Waals surface area contributed by atoms with E-state index in [9.17, 15) is 0 Å². The fourth-order valence-electron chi connectivity index (χ4n) is 4.27. The summed E-state index contributed by atoms with van der Waals surface area (Å²) in [6.07, 6.45) is 0. The van der Waals surface area contributed by atoms with Gasteiger partial charge in [0.25, 0.3) is 0 Å². The van der Waals surface area contributed by atoms with E-state index in [4.69, 9.17) is 0 Å². The average molecular weight is 428 g/mol. The monoisotopic (exact) mass is 427 g/mol. The molecular formula is C30H21NS. The van der Waals surface area contributed by atoms with Gasteiger partial charge in [0.1, 0.15) is 0 Å². The molecule has 6 aromatic rings. The minimum absolute atomic E-state index is 1.08. The number of hydrogen-bond donors (Lipinski definition) is 1. The zero-order chi connectivity index (χ0) is 21.3. The van der Waals surface area contributed by atoms with Crippen LogP contribution in [0.25, 0.3) is 42.4 Å². The van der Waals surface area contributed by atoms with Gasteiger partial charge in [-0.1, -0.05) is 84.9 Å². The first kappa shape index (κ1) is 18.9. The SMILES string of the molecule is c1ccc(-c2ccccc2Nc2ccc(-c3ccc4sc5ccccc5c4c3)cc2)cc1. The Labute approximate surface area is 191 Å². The van der Waals surface area contributed by atoms with E-state index in [1.54, 1.807) is 0 Å². The summed E-state index contributed by atoms with van der Waals surface area (Å²) in [5, 5.41) is 6.27. The molecule has 0 atom stereocenters. The number of rotatable bonds is 4. The molecule has 0 bridgehead atoms. The fourth-order valence-corrected chi connectivity index (χ4v) is 5.36. The van der Waals surface area contributed by atoms with Crippen LogP contribution in [0.3, 0.4) is 0 Å². The number of thiophene rings is 1. The lowest BCUT2D eigenvalue weighted by molar-refractivity contribution is 1.53. The lowest BCUT2D eigenvalue weighted by Crippen LogP contribution is -1.93. The van der Waals surface area contributed by atoms with E-state index in [-0.39, 0.29) is 0 Å². The van der Waals surface area contributed by atoms with E-state index >= 15 is 0 Å². The largest absolute Gasteiger partial charge is 0.355 e. The van der Waals surface area contributed by atoms with Crippen molar-refractivity contribution in [3.63, 3.8) is 0 Å². The predicted molar refractivity (Wildman–Crippen MR) is 140 cm³/mol. The Kier molecular flexibility index (Phi) is 4.71. The molecule has 0 saturated carbocycles. The quantitative estimate of drug-likeness (QED) is 0.296. The van der Waals surface area contributed by atoms with Gasteiger partial charge in [-0.05, 0) is 53.1 Å². The number of anilines is 2. The van der Waals surface area contributed by atoms with Crippen molar-refractivity contribution in [2.45, 2.75) is 0 Å². The van der Waals surface area contributed by atoms with Gasteiger partial charge in [-0.2, -0.15) is 0 Å². The van der Waals surface area contributed by atoms with Crippen molar-refractivity contribution >= 4 is 42.9 Å².